The molecule has 0 bridgehead atoms. The second kappa shape index (κ2) is 6.60. The van der Waals surface area contributed by atoms with Gasteiger partial charge in [-0.3, -0.25) is 4.52 Å². The van der Waals surface area contributed by atoms with Gasteiger partial charge in [-0.15, -0.1) is 0 Å². The number of phosphoric acid groups is 1. The highest BCUT2D eigenvalue weighted by atomic mass is 31.2. The summed E-state index contributed by atoms with van der Waals surface area (Å²) < 4.78 is 14.1. The molecule has 4 atom stereocenters. The van der Waals surface area contributed by atoms with E-state index in [2.05, 4.69) is 4.52 Å². The molecule has 0 radical (unpaired) electrons. The molecule has 10 heteroatoms. The van der Waals surface area contributed by atoms with Crippen molar-refractivity contribution in [2.24, 2.45) is 0 Å². The minimum absolute atomic E-state index is 0.843. The van der Waals surface area contributed by atoms with E-state index >= 15 is 0 Å². The maximum Gasteiger partial charge on any atom is 0.469 e. The summed E-state index contributed by atoms with van der Waals surface area (Å²) in [6, 6.07) is 0. The molecule has 0 aromatic rings. The van der Waals surface area contributed by atoms with Gasteiger partial charge in [-0.1, -0.05) is 0 Å². The van der Waals surface area contributed by atoms with Crippen LogP contribution in [0.25, 0.3) is 0 Å². The van der Waals surface area contributed by atoms with Gasteiger partial charge in [0.25, 0.3) is 0 Å². The van der Waals surface area contributed by atoms with Gasteiger partial charge in [0.1, 0.15) is 24.4 Å². The molecular formula is C6H15O9P. The molecule has 0 fully saturated rings. The smallest absolute Gasteiger partial charge is 0.394 e. The van der Waals surface area contributed by atoms with Crippen LogP contribution in [0.15, 0.2) is 0 Å². The summed E-state index contributed by atoms with van der Waals surface area (Å²) in [4.78, 5) is 16.6. The van der Waals surface area contributed by atoms with Crippen molar-refractivity contribution in [2.45, 2.75) is 24.4 Å². The van der Waals surface area contributed by atoms with Gasteiger partial charge in [-0.2, -0.15) is 0 Å². The van der Waals surface area contributed by atoms with E-state index in [4.69, 9.17) is 30.2 Å². The normalized spacial score (nSPS) is 20.2. The van der Waals surface area contributed by atoms with Gasteiger partial charge in [0, 0.05) is 0 Å². The molecule has 98 valence electrons. The Bertz CT molecular complexity index is 240. The molecule has 16 heavy (non-hydrogen) atoms. The Kier molecular flexibility index (Phi) is 6.56. The van der Waals surface area contributed by atoms with E-state index in [9.17, 15) is 9.67 Å². The molecule has 0 unspecified atom stereocenters. The molecule has 0 aliphatic rings. The fourth-order valence-corrected chi connectivity index (χ4v) is 1.18. The molecule has 0 aliphatic heterocycles. The molecule has 0 aliphatic carbocycles. The van der Waals surface area contributed by atoms with Crippen molar-refractivity contribution < 1.29 is 44.4 Å². The Morgan fingerprint density at radius 3 is 1.81 bits per heavy atom. The molecule has 0 saturated carbocycles. The number of rotatable bonds is 7. The Labute approximate surface area is 90.8 Å². The van der Waals surface area contributed by atoms with E-state index in [0.29, 0.717) is 0 Å². The third kappa shape index (κ3) is 5.85. The third-order valence-corrected chi connectivity index (χ3v) is 2.22. The van der Waals surface area contributed by atoms with E-state index in [1.165, 1.54) is 0 Å². The monoisotopic (exact) mass is 262 g/mol. The van der Waals surface area contributed by atoms with Crippen LogP contribution >= 0.6 is 7.82 Å². The van der Waals surface area contributed by atoms with Crippen LogP contribution in [0.2, 0.25) is 0 Å². The second-order valence-electron chi connectivity index (χ2n) is 3.08. The summed E-state index contributed by atoms with van der Waals surface area (Å²) in [7, 11) is -4.78. The number of aliphatic hydroxyl groups excluding tert-OH is 5. The quantitative estimate of drug-likeness (QED) is 0.230. The lowest BCUT2D eigenvalue weighted by Crippen LogP contribution is -2.47. The van der Waals surface area contributed by atoms with Crippen LogP contribution in [0.3, 0.4) is 0 Å². The molecule has 0 heterocycles. The Morgan fingerprint density at radius 1 is 1.00 bits per heavy atom. The second-order valence-corrected chi connectivity index (χ2v) is 4.32. The van der Waals surface area contributed by atoms with E-state index < -0.39 is 45.5 Å². The molecular weight excluding hydrogens is 247 g/mol. The highest BCUT2D eigenvalue weighted by Crippen LogP contribution is 2.35. The molecule has 0 aromatic heterocycles. The van der Waals surface area contributed by atoms with Gasteiger partial charge in [-0.25, -0.2) is 4.57 Å². The summed E-state index contributed by atoms with van der Waals surface area (Å²) in [6.07, 6.45) is -7.27. The zero-order valence-corrected chi connectivity index (χ0v) is 9.01. The predicted octanol–water partition coefficient (Wildman–Crippen LogP) is -3.47. The van der Waals surface area contributed by atoms with Crippen molar-refractivity contribution in [3.05, 3.63) is 0 Å². The largest absolute Gasteiger partial charge is 0.469 e. The highest BCUT2D eigenvalue weighted by molar-refractivity contribution is 7.46. The zero-order valence-electron chi connectivity index (χ0n) is 8.12. The molecule has 0 aromatic carbocycles. The first-order chi connectivity index (χ1) is 7.19. The maximum atomic E-state index is 10.2. The summed E-state index contributed by atoms with van der Waals surface area (Å²) in [5.41, 5.74) is 0. The van der Waals surface area contributed by atoms with Crippen LogP contribution in [-0.2, 0) is 9.09 Å². The standard InChI is InChI=1S/C6H15O9P/c7-1-3(8)5(10)6(11)4(9)2-15-16(12,13)14/h3-11H,1-2H2,(H2,12,13,14)/t3-,4+,5+,6-/m1/s1. The number of aliphatic hydroxyl groups is 5. The molecule has 0 spiro atoms. The summed E-state index contributed by atoms with van der Waals surface area (Å²) in [6.45, 7) is -1.77. The molecule has 0 amide bonds. The van der Waals surface area contributed by atoms with E-state index in [1.54, 1.807) is 0 Å². The van der Waals surface area contributed by atoms with Crippen LogP contribution in [0, 0.1) is 0 Å². The average Bonchev–Trinajstić information content (AvgIpc) is 2.21. The van der Waals surface area contributed by atoms with Crippen LogP contribution in [0.5, 0.6) is 0 Å². The lowest BCUT2D eigenvalue weighted by molar-refractivity contribution is -0.122. The van der Waals surface area contributed by atoms with Crippen LogP contribution in [0.4, 0.5) is 0 Å². The number of phosphoric ester groups is 1. The van der Waals surface area contributed by atoms with Crippen molar-refractivity contribution in [1.29, 1.82) is 0 Å². The molecule has 0 rings (SSSR count). The van der Waals surface area contributed by atoms with Gasteiger partial charge >= 0.3 is 7.82 Å². The van der Waals surface area contributed by atoms with Gasteiger partial charge in [0.15, 0.2) is 0 Å². The maximum absolute atomic E-state index is 10.2. The summed E-state index contributed by atoms with van der Waals surface area (Å²) >= 11 is 0. The van der Waals surface area contributed by atoms with Gasteiger partial charge in [0.05, 0.1) is 13.2 Å². The number of hydrogen-bond acceptors (Lipinski definition) is 7. The topological polar surface area (TPSA) is 168 Å². The van der Waals surface area contributed by atoms with E-state index in [0.717, 1.165) is 0 Å². The van der Waals surface area contributed by atoms with Crippen LogP contribution < -0.4 is 0 Å². The average molecular weight is 262 g/mol. The SMILES string of the molecule is O=P(O)(O)OC[C@H](O)[C@@H](O)[C@@H](O)[C@H](O)CO. The first-order valence-corrected chi connectivity index (χ1v) is 5.75. The van der Waals surface area contributed by atoms with E-state index in [1.807, 2.05) is 0 Å². The number of hydrogen-bond donors (Lipinski definition) is 7. The Balaban J connectivity index is 4.17. The van der Waals surface area contributed by atoms with Crippen LogP contribution in [-0.4, -0.2) is 72.9 Å². The molecule has 9 nitrogen and oxygen atoms in total. The van der Waals surface area contributed by atoms with Crippen molar-refractivity contribution in [3.8, 4) is 0 Å². The summed E-state index contributed by atoms with van der Waals surface area (Å²) in [5, 5.41) is 44.8. The molecule has 7 N–H and O–H groups in total. The lowest BCUT2D eigenvalue weighted by Gasteiger charge is -2.25. The van der Waals surface area contributed by atoms with E-state index in [-0.39, 0.29) is 0 Å². The molecule has 0 saturated heterocycles. The summed E-state index contributed by atoms with van der Waals surface area (Å²) in [5.74, 6) is 0. The minimum atomic E-state index is -4.78. The van der Waals surface area contributed by atoms with Crippen LogP contribution in [0.1, 0.15) is 0 Å². The van der Waals surface area contributed by atoms with Gasteiger partial charge in [-0.05, 0) is 0 Å². The first kappa shape index (κ1) is 15.9. The zero-order chi connectivity index (χ0) is 12.9. The Morgan fingerprint density at radius 2 is 1.44 bits per heavy atom. The van der Waals surface area contributed by atoms with Gasteiger partial charge in [0.2, 0.25) is 0 Å². The van der Waals surface area contributed by atoms with Crippen molar-refractivity contribution >= 4 is 7.82 Å². The predicted molar refractivity (Wildman–Crippen MR) is 49.1 cm³/mol. The lowest BCUT2D eigenvalue weighted by atomic mass is 10.0. The van der Waals surface area contributed by atoms with Gasteiger partial charge < -0.3 is 35.3 Å². The fourth-order valence-electron chi connectivity index (χ4n) is 0.835. The Hall–Kier alpha value is -0.0900. The van der Waals surface area contributed by atoms with Crippen molar-refractivity contribution in [1.82, 2.24) is 0 Å². The third-order valence-electron chi connectivity index (χ3n) is 1.74. The fraction of sp³-hybridized carbons (Fsp3) is 1.00. The highest BCUT2D eigenvalue weighted by Gasteiger charge is 2.31. The van der Waals surface area contributed by atoms with Crippen molar-refractivity contribution in [2.75, 3.05) is 13.2 Å². The van der Waals surface area contributed by atoms with Crippen molar-refractivity contribution in [3.63, 3.8) is 0 Å². The minimum Gasteiger partial charge on any atom is -0.394 e. The first-order valence-electron chi connectivity index (χ1n) is 4.22.